The molecule has 0 amide bonds. The highest BCUT2D eigenvalue weighted by Crippen LogP contribution is 2.28. The van der Waals surface area contributed by atoms with E-state index in [-0.39, 0.29) is 5.82 Å². The zero-order chi connectivity index (χ0) is 14.8. The lowest BCUT2D eigenvalue weighted by Gasteiger charge is -2.09. The van der Waals surface area contributed by atoms with Crippen LogP contribution in [0.25, 0.3) is 11.1 Å². The fourth-order valence-electron chi connectivity index (χ4n) is 2.26. The summed E-state index contributed by atoms with van der Waals surface area (Å²) in [6, 6.07) is 9.94. The fraction of sp³-hybridized carbons (Fsp3) is 0.294. The molecule has 110 valence electrons. The van der Waals surface area contributed by atoms with Crippen molar-refractivity contribution >= 4 is 0 Å². The summed E-state index contributed by atoms with van der Waals surface area (Å²) in [5.74, 6) is -0.282. The zero-order valence-corrected chi connectivity index (χ0v) is 11.8. The summed E-state index contributed by atoms with van der Waals surface area (Å²) in [6.45, 7) is 0.516. The summed E-state index contributed by atoms with van der Waals surface area (Å²) < 4.78 is 33.1. The van der Waals surface area contributed by atoms with Gasteiger partial charge in [-0.2, -0.15) is 0 Å². The Balaban J connectivity index is 1.83. The van der Waals surface area contributed by atoms with Gasteiger partial charge < -0.3 is 10.1 Å². The molecule has 0 radical (unpaired) electrons. The molecule has 0 atom stereocenters. The van der Waals surface area contributed by atoms with Crippen LogP contribution in [-0.2, 0) is 6.54 Å². The average Bonchev–Trinajstić information content (AvgIpc) is 3.30. The average molecular weight is 289 g/mol. The van der Waals surface area contributed by atoms with Gasteiger partial charge in [0.25, 0.3) is 0 Å². The molecule has 1 aliphatic rings. The van der Waals surface area contributed by atoms with Crippen molar-refractivity contribution in [2.24, 2.45) is 0 Å². The third kappa shape index (κ3) is 3.22. The molecule has 2 aromatic carbocycles. The lowest BCUT2D eigenvalue weighted by atomic mass is 10.0. The van der Waals surface area contributed by atoms with E-state index >= 15 is 0 Å². The van der Waals surface area contributed by atoms with Crippen molar-refractivity contribution in [2.45, 2.75) is 25.4 Å². The number of ether oxygens (including phenoxy) is 1. The molecule has 2 nitrogen and oxygen atoms in total. The first-order valence-corrected chi connectivity index (χ1v) is 7.03. The van der Waals surface area contributed by atoms with Gasteiger partial charge in [-0.3, -0.25) is 0 Å². The van der Waals surface area contributed by atoms with Gasteiger partial charge in [-0.25, -0.2) is 8.78 Å². The number of benzene rings is 2. The standard InChI is InChI=1S/C17H17F2NO/c1-21-14-6-7-15(17(19)9-14)11-2-3-12(16(18)8-11)10-20-13-4-5-13/h2-3,6-9,13,20H,4-5,10H2,1H3. The van der Waals surface area contributed by atoms with E-state index in [1.165, 1.54) is 19.2 Å². The monoisotopic (exact) mass is 289 g/mol. The maximum atomic E-state index is 14.1. The first-order valence-electron chi connectivity index (χ1n) is 7.03. The second-order valence-corrected chi connectivity index (χ2v) is 5.31. The van der Waals surface area contributed by atoms with Crippen LogP contribution in [0.15, 0.2) is 36.4 Å². The van der Waals surface area contributed by atoms with Crippen LogP contribution < -0.4 is 10.1 Å². The highest BCUT2D eigenvalue weighted by atomic mass is 19.1. The minimum atomic E-state index is -0.419. The predicted molar refractivity (Wildman–Crippen MR) is 78.2 cm³/mol. The molecule has 0 unspecified atom stereocenters. The normalized spacial score (nSPS) is 14.2. The van der Waals surface area contributed by atoms with Gasteiger partial charge in [0.2, 0.25) is 0 Å². The highest BCUT2D eigenvalue weighted by molar-refractivity contribution is 5.65. The number of nitrogens with one attached hydrogen (secondary N) is 1. The lowest BCUT2D eigenvalue weighted by molar-refractivity contribution is 0.411. The van der Waals surface area contributed by atoms with Gasteiger partial charge in [-0.15, -0.1) is 0 Å². The molecule has 0 spiro atoms. The molecule has 3 rings (SSSR count). The van der Waals surface area contributed by atoms with E-state index in [2.05, 4.69) is 5.32 Å². The molecular weight excluding hydrogens is 272 g/mol. The Bertz CT molecular complexity index is 653. The van der Waals surface area contributed by atoms with Crippen molar-refractivity contribution in [3.8, 4) is 16.9 Å². The molecule has 0 aliphatic heterocycles. The number of rotatable bonds is 5. The molecule has 1 fully saturated rings. The molecule has 1 N–H and O–H groups in total. The Morgan fingerprint density at radius 2 is 1.90 bits per heavy atom. The maximum absolute atomic E-state index is 14.1. The zero-order valence-electron chi connectivity index (χ0n) is 11.8. The number of hydrogen-bond acceptors (Lipinski definition) is 2. The van der Waals surface area contributed by atoms with Gasteiger partial charge in [-0.1, -0.05) is 12.1 Å². The molecule has 21 heavy (non-hydrogen) atoms. The molecule has 2 aromatic rings. The molecule has 0 heterocycles. The van der Waals surface area contributed by atoms with Crippen molar-refractivity contribution in [1.29, 1.82) is 0 Å². The van der Waals surface area contributed by atoms with Crippen molar-refractivity contribution < 1.29 is 13.5 Å². The van der Waals surface area contributed by atoms with E-state index in [1.54, 1.807) is 24.3 Å². The van der Waals surface area contributed by atoms with Crippen LogP contribution in [0, 0.1) is 11.6 Å². The van der Waals surface area contributed by atoms with Gasteiger partial charge in [-0.05, 0) is 36.6 Å². The van der Waals surface area contributed by atoms with Gasteiger partial charge >= 0.3 is 0 Å². The summed E-state index contributed by atoms with van der Waals surface area (Å²) in [5.41, 5.74) is 1.51. The Hall–Kier alpha value is -1.94. The van der Waals surface area contributed by atoms with Crippen LogP contribution in [0.4, 0.5) is 8.78 Å². The Morgan fingerprint density at radius 3 is 2.52 bits per heavy atom. The Morgan fingerprint density at radius 1 is 1.10 bits per heavy atom. The second-order valence-electron chi connectivity index (χ2n) is 5.31. The van der Waals surface area contributed by atoms with E-state index in [0.29, 0.717) is 35.0 Å². The molecule has 0 aromatic heterocycles. The minimum absolute atomic E-state index is 0.309. The highest BCUT2D eigenvalue weighted by Gasteiger charge is 2.20. The SMILES string of the molecule is COc1ccc(-c2ccc(CNC3CC3)c(F)c2)c(F)c1. The molecule has 4 heteroatoms. The predicted octanol–water partition coefficient (Wildman–Crippen LogP) is 3.89. The number of hydrogen-bond donors (Lipinski definition) is 1. The van der Waals surface area contributed by atoms with Crippen LogP contribution in [-0.4, -0.2) is 13.2 Å². The summed E-state index contributed by atoms with van der Waals surface area (Å²) in [6.07, 6.45) is 2.33. The van der Waals surface area contributed by atoms with Crippen LogP contribution in [0.5, 0.6) is 5.75 Å². The van der Waals surface area contributed by atoms with E-state index in [1.807, 2.05) is 0 Å². The van der Waals surface area contributed by atoms with E-state index in [4.69, 9.17) is 4.74 Å². The Kier molecular flexibility index (Phi) is 3.88. The smallest absolute Gasteiger partial charge is 0.134 e. The van der Waals surface area contributed by atoms with E-state index in [0.717, 1.165) is 12.8 Å². The lowest BCUT2D eigenvalue weighted by Crippen LogP contribution is -2.16. The van der Waals surface area contributed by atoms with Gasteiger partial charge in [0.1, 0.15) is 17.4 Å². The minimum Gasteiger partial charge on any atom is -0.497 e. The van der Waals surface area contributed by atoms with Crippen LogP contribution in [0.2, 0.25) is 0 Å². The third-order valence-electron chi connectivity index (χ3n) is 3.70. The summed E-state index contributed by atoms with van der Waals surface area (Å²) in [7, 11) is 1.48. The van der Waals surface area contributed by atoms with Crippen molar-refractivity contribution in [1.82, 2.24) is 5.32 Å². The van der Waals surface area contributed by atoms with Crippen LogP contribution >= 0.6 is 0 Å². The molecule has 0 saturated heterocycles. The van der Waals surface area contributed by atoms with Gasteiger partial charge in [0.05, 0.1) is 7.11 Å². The molecule has 0 bridgehead atoms. The molecule has 1 saturated carbocycles. The topological polar surface area (TPSA) is 21.3 Å². The van der Waals surface area contributed by atoms with Gasteiger partial charge in [0, 0.05) is 29.8 Å². The summed E-state index contributed by atoms with van der Waals surface area (Å²) >= 11 is 0. The summed E-state index contributed by atoms with van der Waals surface area (Å²) in [5, 5.41) is 3.27. The van der Waals surface area contributed by atoms with E-state index in [9.17, 15) is 8.78 Å². The number of methoxy groups -OCH3 is 1. The number of halogens is 2. The molecular formula is C17H17F2NO. The first-order chi connectivity index (χ1) is 10.2. The van der Waals surface area contributed by atoms with Crippen molar-refractivity contribution in [3.63, 3.8) is 0 Å². The maximum Gasteiger partial charge on any atom is 0.134 e. The third-order valence-corrected chi connectivity index (χ3v) is 3.70. The Labute approximate surface area is 122 Å². The largest absolute Gasteiger partial charge is 0.497 e. The van der Waals surface area contributed by atoms with Crippen molar-refractivity contribution in [2.75, 3.05) is 7.11 Å². The first kappa shape index (κ1) is 14.0. The quantitative estimate of drug-likeness (QED) is 0.901. The van der Waals surface area contributed by atoms with Crippen LogP contribution in [0.1, 0.15) is 18.4 Å². The second kappa shape index (κ2) is 5.82. The fourth-order valence-corrected chi connectivity index (χ4v) is 2.26. The van der Waals surface area contributed by atoms with Gasteiger partial charge in [0.15, 0.2) is 0 Å². The van der Waals surface area contributed by atoms with Crippen LogP contribution in [0.3, 0.4) is 0 Å². The summed E-state index contributed by atoms with van der Waals surface area (Å²) in [4.78, 5) is 0. The van der Waals surface area contributed by atoms with Crippen molar-refractivity contribution in [3.05, 3.63) is 53.6 Å². The molecule has 1 aliphatic carbocycles. The van der Waals surface area contributed by atoms with E-state index < -0.39 is 5.82 Å².